The summed E-state index contributed by atoms with van der Waals surface area (Å²) in [6, 6.07) is 8.82. The summed E-state index contributed by atoms with van der Waals surface area (Å²) >= 11 is 5.29. The number of nitrogens with zero attached hydrogens (tertiary/aromatic N) is 2. The number of nitrogens with one attached hydrogen (secondary N) is 1. The Balaban J connectivity index is 2.40. The van der Waals surface area contributed by atoms with E-state index in [0.717, 1.165) is 24.0 Å². The molecular weight excluding hydrogens is 368 g/mol. The van der Waals surface area contributed by atoms with Gasteiger partial charge in [0.05, 0.1) is 11.1 Å². The van der Waals surface area contributed by atoms with E-state index in [1.807, 2.05) is 45.0 Å². The molecule has 2 heterocycles. The highest BCUT2D eigenvalue weighted by molar-refractivity contribution is 7.71. The molecule has 0 amide bonds. The first kappa shape index (κ1) is 19.4. The Morgan fingerprint density at radius 3 is 2.44 bits per heavy atom. The van der Waals surface area contributed by atoms with E-state index in [4.69, 9.17) is 12.2 Å². The molecule has 1 N–H and O–H groups in total. The lowest BCUT2D eigenvalue weighted by Gasteiger charge is -2.18. The van der Waals surface area contributed by atoms with Gasteiger partial charge < -0.3 is 0 Å². The molecular formula is C20H21F2N3OS. The fourth-order valence-electron chi connectivity index (χ4n) is 3.10. The second-order valence-corrected chi connectivity index (χ2v) is 6.92. The van der Waals surface area contributed by atoms with Gasteiger partial charge in [0.15, 0.2) is 4.77 Å². The fourth-order valence-corrected chi connectivity index (χ4v) is 3.46. The van der Waals surface area contributed by atoms with Gasteiger partial charge in [-0.3, -0.25) is 14.3 Å². The van der Waals surface area contributed by atoms with Crippen LogP contribution >= 0.6 is 12.2 Å². The lowest BCUT2D eigenvalue weighted by atomic mass is 10.0. The molecule has 0 unspecified atom stereocenters. The van der Waals surface area contributed by atoms with Crippen LogP contribution < -0.4 is 5.56 Å². The fraction of sp³-hybridized carbons (Fsp3) is 0.350. The maximum Gasteiger partial charge on any atom is 0.264 e. The van der Waals surface area contributed by atoms with Crippen molar-refractivity contribution in [2.45, 2.75) is 46.1 Å². The van der Waals surface area contributed by atoms with E-state index in [-0.39, 0.29) is 27.4 Å². The molecule has 4 nitrogen and oxygen atoms in total. The SMILES string of the molecule is CCc1ccc(-c2cc(C(F)F)c3c(=O)[nH]c(=S)n([C@@H](C)CC)c3n2)cc1. The van der Waals surface area contributed by atoms with Gasteiger partial charge in [-0.05, 0) is 43.6 Å². The Hall–Kier alpha value is -2.41. The van der Waals surface area contributed by atoms with Crippen LogP contribution in [0.1, 0.15) is 50.8 Å². The number of alkyl halides is 2. The molecule has 3 aromatic rings. The highest BCUT2D eigenvalue weighted by atomic mass is 32.1. The van der Waals surface area contributed by atoms with Crippen molar-refractivity contribution in [3.8, 4) is 11.3 Å². The molecule has 0 saturated heterocycles. The zero-order chi connectivity index (χ0) is 19.7. The van der Waals surface area contributed by atoms with E-state index in [0.29, 0.717) is 5.69 Å². The van der Waals surface area contributed by atoms with Crippen molar-refractivity contribution in [3.05, 3.63) is 56.6 Å². The van der Waals surface area contributed by atoms with Crippen molar-refractivity contribution in [2.75, 3.05) is 0 Å². The Labute approximate surface area is 160 Å². The standard InChI is InChI=1S/C20H21F2N3OS/c1-4-11(3)25-18-16(19(26)24-20(25)27)14(17(21)22)10-15(23-18)13-8-6-12(5-2)7-9-13/h6-11,17H,4-5H2,1-3H3,(H,24,26,27)/t11-/m0/s1. The predicted molar refractivity (Wildman–Crippen MR) is 106 cm³/mol. The molecule has 0 aliphatic carbocycles. The largest absolute Gasteiger partial charge is 0.300 e. The van der Waals surface area contributed by atoms with Gasteiger partial charge in [-0.1, -0.05) is 38.1 Å². The molecule has 0 aliphatic rings. The number of H-pyrrole nitrogens is 1. The van der Waals surface area contributed by atoms with Gasteiger partial charge in [0.1, 0.15) is 5.65 Å². The first-order valence-corrected chi connectivity index (χ1v) is 9.35. The third kappa shape index (κ3) is 3.56. The van der Waals surface area contributed by atoms with E-state index in [1.54, 1.807) is 4.57 Å². The number of benzene rings is 1. The van der Waals surface area contributed by atoms with Gasteiger partial charge in [-0.25, -0.2) is 13.8 Å². The molecule has 0 radical (unpaired) electrons. The monoisotopic (exact) mass is 389 g/mol. The topological polar surface area (TPSA) is 50.7 Å². The minimum absolute atomic E-state index is 0.0902. The van der Waals surface area contributed by atoms with Crippen molar-refractivity contribution in [1.29, 1.82) is 0 Å². The number of aromatic amines is 1. The Morgan fingerprint density at radius 2 is 1.89 bits per heavy atom. The summed E-state index contributed by atoms with van der Waals surface area (Å²) in [4.78, 5) is 19.5. The summed E-state index contributed by atoms with van der Waals surface area (Å²) in [5.41, 5.74) is 1.50. The average molecular weight is 389 g/mol. The summed E-state index contributed by atoms with van der Waals surface area (Å²) in [5, 5.41) is -0.104. The molecule has 142 valence electrons. The first-order chi connectivity index (χ1) is 12.9. The lowest BCUT2D eigenvalue weighted by molar-refractivity contribution is 0.153. The molecule has 0 saturated carbocycles. The highest BCUT2D eigenvalue weighted by Gasteiger charge is 2.21. The number of hydrogen-bond donors (Lipinski definition) is 1. The molecule has 27 heavy (non-hydrogen) atoms. The quantitative estimate of drug-likeness (QED) is 0.579. The van der Waals surface area contributed by atoms with Crippen molar-refractivity contribution < 1.29 is 8.78 Å². The number of aromatic nitrogens is 3. The third-order valence-electron chi connectivity index (χ3n) is 4.85. The molecule has 7 heteroatoms. The third-order valence-corrected chi connectivity index (χ3v) is 5.15. The van der Waals surface area contributed by atoms with Gasteiger partial charge in [-0.15, -0.1) is 0 Å². The molecule has 0 bridgehead atoms. The molecule has 0 spiro atoms. The van der Waals surface area contributed by atoms with E-state index in [1.165, 1.54) is 6.07 Å². The van der Waals surface area contributed by atoms with Crippen molar-refractivity contribution >= 4 is 23.3 Å². The predicted octanol–water partition coefficient (Wildman–Crippen LogP) is 5.59. The Morgan fingerprint density at radius 1 is 1.22 bits per heavy atom. The van der Waals surface area contributed by atoms with Crippen LogP contribution in [0, 0.1) is 4.77 Å². The van der Waals surface area contributed by atoms with Crippen molar-refractivity contribution in [3.63, 3.8) is 0 Å². The maximum absolute atomic E-state index is 13.8. The number of halogens is 2. The van der Waals surface area contributed by atoms with E-state index in [2.05, 4.69) is 9.97 Å². The Bertz CT molecular complexity index is 1090. The summed E-state index contributed by atoms with van der Waals surface area (Å²) in [7, 11) is 0. The normalized spacial score (nSPS) is 12.7. The number of hydrogen-bond acceptors (Lipinski definition) is 3. The smallest absolute Gasteiger partial charge is 0.264 e. The Kier molecular flexibility index (Phi) is 5.51. The molecule has 2 aromatic heterocycles. The summed E-state index contributed by atoms with van der Waals surface area (Å²) in [6.45, 7) is 5.93. The second-order valence-electron chi connectivity index (χ2n) is 6.53. The minimum atomic E-state index is -2.80. The maximum atomic E-state index is 13.8. The van der Waals surface area contributed by atoms with Crippen LogP contribution in [0.15, 0.2) is 35.1 Å². The van der Waals surface area contributed by atoms with Gasteiger partial charge in [0.2, 0.25) is 0 Å². The lowest BCUT2D eigenvalue weighted by Crippen LogP contribution is -2.19. The number of aryl methyl sites for hydroxylation is 1. The molecule has 0 aliphatic heterocycles. The zero-order valence-corrected chi connectivity index (χ0v) is 16.2. The van der Waals surface area contributed by atoms with Crippen LogP contribution in [0.4, 0.5) is 8.78 Å². The zero-order valence-electron chi connectivity index (χ0n) is 15.4. The molecule has 3 rings (SSSR count). The number of rotatable bonds is 5. The summed E-state index contributed by atoms with van der Waals surface area (Å²) in [5.74, 6) is 0. The highest BCUT2D eigenvalue weighted by Crippen LogP contribution is 2.31. The van der Waals surface area contributed by atoms with Crippen molar-refractivity contribution in [1.82, 2.24) is 14.5 Å². The number of fused-ring (bicyclic) bond motifs is 1. The second kappa shape index (κ2) is 7.68. The molecule has 1 aromatic carbocycles. The summed E-state index contributed by atoms with van der Waals surface area (Å²) < 4.78 is 29.4. The average Bonchev–Trinajstić information content (AvgIpc) is 2.66. The van der Waals surface area contributed by atoms with Crippen LogP contribution in [0.2, 0.25) is 0 Å². The molecule has 1 atom stereocenters. The molecule has 0 fully saturated rings. The van der Waals surface area contributed by atoms with Gasteiger partial charge >= 0.3 is 0 Å². The van der Waals surface area contributed by atoms with Gasteiger partial charge in [0.25, 0.3) is 12.0 Å². The van der Waals surface area contributed by atoms with Crippen LogP contribution in [-0.2, 0) is 6.42 Å². The van der Waals surface area contributed by atoms with E-state index < -0.39 is 12.0 Å². The minimum Gasteiger partial charge on any atom is -0.300 e. The van der Waals surface area contributed by atoms with Gasteiger partial charge in [0, 0.05) is 17.2 Å². The van der Waals surface area contributed by atoms with E-state index in [9.17, 15) is 13.6 Å². The van der Waals surface area contributed by atoms with Crippen LogP contribution in [0.3, 0.4) is 0 Å². The van der Waals surface area contributed by atoms with Crippen LogP contribution in [-0.4, -0.2) is 14.5 Å². The van der Waals surface area contributed by atoms with E-state index >= 15 is 0 Å². The van der Waals surface area contributed by atoms with Gasteiger partial charge in [-0.2, -0.15) is 0 Å². The van der Waals surface area contributed by atoms with Crippen molar-refractivity contribution in [2.24, 2.45) is 0 Å². The van der Waals surface area contributed by atoms with Crippen LogP contribution in [0.5, 0.6) is 0 Å². The summed E-state index contributed by atoms with van der Waals surface area (Å²) in [6.07, 6.45) is -1.20. The van der Waals surface area contributed by atoms with Crippen LogP contribution in [0.25, 0.3) is 22.3 Å². The number of pyridine rings is 1. The first-order valence-electron chi connectivity index (χ1n) is 8.94.